The first-order valence-corrected chi connectivity index (χ1v) is 11.9. The van der Waals surface area contributed by atoms with Crippen LogP contribution < -0.4 is 10.2 Å². The topological polar surface area (TPSA) is 59.1 Å². The molecule has 3 amide bonds. The van der Waals surface area contributed by atoms with Gasteiger partial charge in [0.05, 0.1) is 0 Å². The van der Waals surface area contributed by atoms with E-state index in [0.29, 0.717) is 6.54 Å². The van der Waals surface area contributed by atoms with Crippen molar-refractivity contribution < 1.29 is 9.59 Å². The zero-order chi connectivity index (χ0) is 23.1. The molecule has 0 aliphatic carbocycles. The second kappa shape index (κ2) is 8.80. The molecule has 3 unspecified atom stereocenters. The maximum atomic E-state index is 13.6. The van der Waals surface area contributed by atoms with Gasteiger partial charge in [0.1, 0.15) is 18.5 Å². The predicted octanol–water partition coefficient (Wildman–Crippen LogP) is 2.92. The van der Waals surface area contributed by atoms with Gasteiger partial charge in [0, 0.05) is 32.4 Å². The molecule has 1 N–H and O–H groups in total. The summed E-state index contributed by atoms with van der Waals surface area (Å²) < 4.78 is 0. The van der Waals surface area contributed by atoms with Crippen molar-refractivity contribution in [2.75, 3.05) is 31.6 Å². The molecule has 3 aliphatic rings. The van der Waals surface area contributed by atoms with E-state index in [-0.39, 0.29) is 30.4 Å². The highest BCUT2D eigenvalue weighted by Crippen LogP contribution is 2.33. The van der Waals surface area contributed by atoms with Crippen molar-refractivity contribution in [1.29, 1.82) is 0 Å². The van der Waals surface area contributed by atoms with Crippen LogP contribution in [-0.4, -0.2) is 71.8 Å². The van der Waals surface area contributed by atoms with Crippen LogP contribution in [0.4, 0.5) is 10.5 Å². The van der Waals surface area contributed by atoms with Gasteiger partial charge >= 0.3 is 6.03 Å². The van der Waals surface area contributed by atoms with Crippen molar-refractivity contribution in [2.45, 2.75) is 51.6 Å². The Morgan fingerprint density at radius 2 is 1.79 bits per heavy atom. The average molecular weight is 448 g/mol. The second-order valence-electron chi connectivity index (χ2n) is 9.46. The lowest BCUT2D eigenvalue weighted by Gasteiger charge is -2.44. The molecule has 0 radical (unpaired) electrons. The number of rotatable bonds is 5. The van der Waals surface area contributed by atoms with Gasteiger partial charge in [0.25, 0.3) is 5.91 Å². The Bertz CT molecular complexity index is 1040. The Balaban J connectivity index is 1.34. The van der Waals surface area contributed by atoms with Gasteiger partial charge in [-0.25, -0.2) is 4.79 Å². The summed E-state index contributed by atoms with van der Waals surface area (Å²) in [5.41, 5.74) is 4.91. The lowest BCUT2D eigenvalue weighted by atomic mass is 10.1. The SMILES string of the molecule is Cc1ccc(N2CCCN3C4C(=O)N(CCCc5ccccc5)C(=O)N(C)C4NC23)cc1C. The summed E-state index contributed by atoms with van der Waals surface area (Å²) in [4.78, 5) is 34.5. The van der Waals surface area contributed by atoms with Crippen LogP contribution in [0.1, 0.15) is 29.5 Å². The highest BCUT2D eigenvalue weighted by Gasteiger charge is 2.55. The highest BCUT2D eigenvalue weighted by molar-refractivity contribution is 6.00. The van der Waals surface area contributed by atoms with Crippen molar-refractivity contribution in [3.63, 3.8) is 0 Å². The molecule has 2 aromatic rings. The van der Waals surface area contributed by atoms with E-state index in [1.807, 2.05) is 25.2 Å². The molecule has 3 aliphatic heterocycles. The van der Waals surface area contributed by atoms with E-state index in [0.717, 1.165) is 38.0 Å². The summed E-state index contributed by atoms with van der Waals surface area (Å²) in [7, 11) is 1.81. The van der Waals surface area contributed by atoms with Gasteiger partial charge in [0.15, 0.2) is 0 Å². The number of anilines is 1. The van der Waals surface area contributed by atoms with Gasteiger partial charge in [-0.15, -0.1) is 0 Å². The second-order valence-corrected chi connectivity index (χ2v) is 9.46. The first-order chi connectivity index (χ1) is 16.0. The zero-order valence-corrected chi connectivity index (χ0v) is 19.7. The molecule has 174 valence electrons. The largest absolute Gasteiger partial charge is 0.343 e. The van der Waals surface area contributed by atoms with E-state index in [4.69, 9.17) is 0 Å². The molecule has 2 aromatic carbocycles. The van der Waals surface area contributed by atoms with Crippen LogP contribution in [0.3, 0.4) is 0 Å². The molecule has 3 saturated heterocycles. The number of hydrogen-bond donors (Lipinski definition) is 1. The number of amides is 3. The molecule has 0 saturated carbocycles. The van der Waals surface area contributed by atoms with Crippen molar-refractivity contribution in [1.82, 2.24) is 20.0 Å². The number of hydrogen-bond acceptors (Lipinski definition) is 5. The number of carbonyl (C=O) groups excluding carboxylic acids is 2. The molecule has 0 aromatic heterocycles. The van der Waals surface area contributed by atoms with Crippen molar-refractivity contribution in [3.8, 4) is 0 Å². The zero-order valence-electron chi connectivity index (χ0n) is 19.7. The van der Waals surface area contributed by atoms with Crippen LogP contribution in [0.25, 0.3) is 0 Å². The van der Waals surface area contributed by atoms with E-state index in [2.05, 4.69) is 59.3 Å². The van der Waals surface area contributed by atoms with Gasteiger partial charge in [-0.05, 0) is 61.9 Å². The van der Waals surface area contributed by atoms with Gasteiger partial charge < -0.3 is 9.80 Å². The average Bonchev–Trinajstić information content (AvgIpc) is 3.22. The maximum Gasteiger partial charge on any atom is 0.327 e. The molecule has 0 bridgehead atoms. The molecule has 33 heavy (non-hydrogen) atoms. The third kappa shape index (κ3) is 3.89. The van der Waals surface area contributed by atoms with Crippen LogP contribution >= 0.6 is 0 Å². The third-order valence-electron chi connectivity index (χ3n) is 7.38. The van der Waals surface area contributed by atoms with E-state index in [9.17, 15) is 9.59 Å². The lowest BCUT2D eigenvalue weighted by Crippen LogP contribution is -2.66. The molecule has 5 rings (SSSR count). The first-order valence-electron chi connectivity index (χ1n) is 11.9. The van der Waals surface area contributed by atoms with E-state index in [1.165, 1.54) is 21.6 Å². The van der Waals surface area contributed by atoms with Gasteiger partial charge in [-0.1, -0.05) is 36.4 Å². The fourth-order valence-corrected chi connectivity index (χ4v) is 5.38. The number of nitrogens with zero attached hydrogens (tertiary/aromatic N) is 4. The fourth-order valence-electron chi connectivity index (χ4n) is 5.38. The minimum absolute atomic E-state index is 0.0758. The smallest absolute Gasteiger partial charge is 0.327 e. The quantitative estimate of drug-likeness (QED) is 0.764. The number of likely N-dealkylation sites (N-methyl/N-ethyl adjacent to an activating group) is 1. The number of urea groups is 1. The molecule has 7 nitrogen and oxygen atoms in total. The minimum Gasteiger partial charge on any atom is -0.343 e. The summed E-state index contributed by atoms with van der Waals surface area (Å²) in [5.74, 6) is -0.0758. The standard InChI is InChI=1S/C26H33N5O2/c1-18-12-13-21(17-19(18)2)29-15-8-16-30-22-23(27-25(29)30)28(3)26(33)31(24(22)32)14-7-11-20-9-5-4-6-10-20/h4-6,9-10,12-13,17,22-23,25,27H,7-8,11,14-16H2,1-3H3. The Kier molecular flexibility index (Phi) is 5.85. The number of benzene rings is 2. The molecule has 0 spiro atoms. The normalized spacial score (nSPS) is 25.4. The molecule has 7 heteroatoms. The Morgan fingerprint density at radius 1 is 1.00 bits per heavy atom. The number of nitrogens with one attached hydrogen (secondary N) is 1. The number of aryl methyl sites for hydroxylation is 3. The summed E-state index contributed by atoms with van der Waals surface area (Å²) in [6.45, 7) is 6.45. The monoisotopic (exact) mass is 447 g/mol. The molecular formula is C26H33N5O2. The number of fused-ring (bicyclic) bond motifs is 3. The van der Waals surface area contributed by atoms with Crippen molar-refractivity contribution in [3.05, 3.63) is 65.2 Å². The van der Waals surface area contributed by atoms with Crippen LogP contribution in [0.5, 0.6) is 0 Å². The van der Waals surface area contributed by atoms with E-state index in [1.54, 1.807) is 4.90 Å². The van der Waals surface area contributed by atoms with Gasteiger partial charge in [-0.2, -0.15) is 0 Å². The fraction of sp³-hybridized carbons (Fsp3) is 0.462. The van der Waals surface area contributed by atoms with Crippen LogP contribution in [0.15, 0.2) is 48.5 Å². The Hall–Kier alpha value is -2.90. The summed E-state index contributed by atoms with van der Waals surface area (Å²) in [5, 5.41) is 3.60. The summed E-state index contributed by atoms with van der Waals surface area (Å²) >= 11 is 0. The van der Waals surface area contributed by atoms with Crippen LogP contribution in [-0.2, 0) is 11.2 Å². The van der Waals surface area contributed by atoms with Crippen molar-refractivity contribution in [2.24, 2.45) is 0 Å². The van der Waals surface area contributed by atoms with Gasteiger partial charge in [-0.3, -0.25) is 19.9 Å². The first kappa shape index (κ1) is 21.9. The van der Waals surface area contributed by atoms with E-state index < -0.39 is 0 Å². The molecule has 3 fully saturated rings. The number of carbonyl (C=O) groups is 2. The molecule has 3 atom stereocenters. The highest BCUT2D eigenvalue weighted by atomic mass is 16.2. The summed E-state index contributed by atoms with van der Waals surface area (Å²) in [6, 6.07) is 16.2. The molecular weight excluding hydrogens is 414 g/mol. The third-order valence-corrected chi connectivity index (χ3v) is 7.38. The van der Waals surface area contributed by atoms with Crippen LogP contribution in [0.2, 0.25) is 0 Å². The van der Waals surface area contributed by atoms with E-state index >= 15 is 0 Å². The molecule has 3 heterocycles. The number of imide groups is 1. The van der Waals surface area contributed by atoms with Crippen molar-refractivity contribution >= 4 is 17.6 Å². The minimum atomic E-state index is -0.358. The lowest BCUT2D eigenvalue weighted by molar-refractivity contribution is -0.138. The predicted molar refractivity (Wildman–Crippen MR) is 129 cm³/mol. The maximum absolute atomic E-state index is 13.6. The Morgan fingerprint density at radius 3 is 2.55 bits per heavy atom. The Labute approximate surface area is 195 Å². The van der Waals surface area contributed by atoms with Crippen LogP contribution in [0, 0.1) is 13.8 Å². The van der Waals surface area contributed by atoms with Gasteiger partial charge in [0.2, 0.25) is 0 Å². The summed E-state index contributed by atoms with van der Waals surface area (Å²) in [6.07, 6.45) is 2.18.